The molecule has 1 aliphatic carbocycles. The predicted octanol–water partition coefficient (Wildman–Crippen LogP) is 3.80. The molecule has 0 bridgehead atoms. The summed E-state index contributed by atoms with van der Waals surface area (Å²) in [7, 11) is 0. The molecule has 9 heteroatoms. The number of carbonyl (C=O) groups excluding carboxylic acids is 2. The number of non-ortho nitro benzene ring substituents is 1. The Hall–Kier alpha value is -4.01. The van der Waals surface area contributed by atoms with Crippen molar-refractivity contribution in [3.8, 4) is 16.9 Å². The number of hydrogen-bond donors (Lipinski definition) is 2. The van der Waals surface area contributed by atoms with Crippen LogP contribution in [0, 0.1) is 16.0 Å². The van der Waals surface area contributed by atoms with E-state index in [0.29, 0.717) is 29.9 Å². The minimum Gasteiger partial charge on any atom is -0.354 e. The third-order valence-electron chi connectivity index (χ3n) is 6.24. The molecule has 0 atom stereocenters. The van der Waals surface area contributed by atoms with Gasteiger partial charge in [0.25, 0.3) is 5.69 Å². The van der Waals surface area contributed by atoms with Crippen molar-refractivity contribution in [3.05, 3.63) is 76.5 Å². The molecule has 1 aromatic heterocycles. The molecule has 0 aliphatic heterocycles. The summed E-state index contributed by atoms with van der Waals surface area (Å²) in [6.45, 7) is 0.733. The summed E-state index contributed by atoms with van der Waals surface area (Å²) in [5.41, 5.74) is 2.81. The molecule has 1 fully saturated rings. The number of nitrogens with zero attached hydrogens (tertiary/aromatic N) is 3. The number of nitro groups is 1. The second-order valence-corrected chi connectivity index (χ2v) is 8.74. The monoisotopic (exact) mass is 475 g/mol. The van der Waals surface area contributed by atoms with Crippen LogP contribution in [0.4, 0.5) is 5.69 Å². The van der Waals surface area contributed by atoms with E-state index in [-0.39, 0.29) is 29.8 Å². The van der Waals surface area contributed by atoms with E-state index in [2.05, 4.69) is 15.7 Å². The van der Waals surface area contributed by atoms with E-state index < -0.39 is 4.92 Å². The minimum atomic E-state index is -0.451. The van der Waals surface area contributed by atoms with Crippen LogP contribution in [0.25, 0.3) is 16.9 Å². The van der Waals surface area contributed by atoms with Gasteiger partial charge in [-0.15, -0.1) is 0 Å². The Kier molecular flexibility index (Phi) is 7.87. The third-order valence-corrected chi connectivity index (χ3v) is 6.24. The summed E-state index contributed by atoms with van der Waals surface area (Å²) >= 11 is 0. The lowest BCUT2D eigenvalue weighted by Crippen LogP contribution is -2.38. The smallest absolute Gasteiger partial charge is 0.269 e. The molecule has 0 spiro atoms. The fourth-order valence-electron chi connectivity index (χ4n) is 4.37. The molecule has 2 aromatic carbocycles. The number of nitrogens with one attached hydrogen (secondary N) is 2. The summed E-state index contributed by atoms with van der Waals surface area (Å²) in [5, 5.41) is 21.5. The molecular formula is C26H29N5O4. The van der Waals surface area contributed by atoms with Gasteiger partial charge in [0.1, 0.15) is 0 Å². The Balaban J connectivity index is 1.41. The fraction of sp³-hybridized carbons (Fsp3) is 0.346. The molecular weight excluding hydrogens is 446 g/mol. The van der Waals surface area contributed by atoms with E-state index in [4.69, 9.17) is 0 Å². The first-order valence-corrected chi connectivity index (χ1v) is 11.9. The normalized spacial score (nSPS) is 13.8. The van der Waals surface area contributed by atoms with Crippen LogP contribution in [-0.4, -0.2) is 39.6 Å². The second-order valence-electron chi connectivity index (χ2n) is 8.74. The zero-order valence-corrected chi connectivity index (χ0v) is 19.5. The molecule has 1 saturated carbocycles. The molecule has 3 aromatic rings. The summed E-state index contributed by atoms with van der Waals surface area (Å²) < 4.78 is 1.70. The van der Waals surface area contributed by atoms with E-state index in [9.17, 15) is 19.7 Å². The van der Waals surface area contributed by atoms with Crippen LogP contribution in [0.2, 0.25) is 0 Å². The van der Waals surface area contributed by atoms with Crippen molar-refractivity contribution in [3.63, 3.8) is 0 Å². The van der Waals surface area contributed by atoms with Crippen molar-refractivity contribution in [2.75, 3.05) is 13.1 Å². The van der Waals surface area contributed by atoms with Crippen LogP contribution in [0.5, 0.6) is 0 Å². The first kappa shape index (κ1) is 24.1. The number of aromatic nitrogens is 2. The number of nitro benzene ring substituents is 1. The fourth-order valence-corrected chi connectivity index (χ4v) is 4.37. The van der Waals surface area contributed by atoms with Gasteiger partial charge >= 0.3 is 0 Å². The van der Waals surface area contributed by atoms with Crippen LogP contribution in [0.1, 0.15) is 37.7 Å². The highest BCUT2D eigenvalue weighted by Crippen LogP contribution is 2.26. The average molecular weight is 476 g/mol. The molecule has 1 aliphatic rings. The van der Waals surface area contributed by atoms with Crippen molar-refractivity contribution in [2.45, 2.75) is 38.5 Å². The highest BCUT2D eigenvalue weighted by Gasteiger charge is 2.21. The highest BCUT2D eigenvalue weighted by molar-refractivity contribution is 5.81. The number of carbonyl (C=O) groups is 2. The third kappa shape index (κ3) is 6.32. The molecule has 182 valence electrons. The Labute approximate surface area is 203 Å². The van der Waals surface area contributed by atoms with Gasteiger partial charge in [-0.2, -0.15) is 5.10 Å². The first-order chi connectivity index (χ1) is 17.0. The van der Waals surface area contributed by atoms with Crippen molar-refractivity contribution >= 4 is 17.5 Å². The van der Waals surface area contributed by atoms with E-state index in [0.717, 1.165) is 31.4 Å². The number of benzene rings is 2. The van der Waals surface area contributed by atoms with Crippen molar-refractivity contribution in [2.24, 2.45) is 5.92 Å². The van der Waals surface area contributed by atoms with Crippen LogP contribution in [-0.2, 0) is 16.0 Å². The molecule has 2 N–H and O–H groups in total. The Morgan fingerprint density at radius 1 is 0.971 bits per heavy atom. The Morgan fingerprint density at radius 2 is 1.66 bits per heavy atom. The Bertz CT molecular complexity index is 1170. The summed E-state index contributed by atoms with van der Waals surface area (Å²) in [6.07, 6.45) is 7.17. The lowest BCUT2D eigenvalue weighted by atomic mass is 9.89. The van der Waals surface area contributed by atoms with E-state index >= 15 is 0 Å². The topological polar surface area (TPSA) is 119 Å². The van der Waals surface area contributed by atoms with Crippen molar-refractivity contribution in [1.82, 2.24) is 20.4 Å². The number of hydrogen-bond acceptors (Lipinski definition) is 5. The van der Waals surface area contributed by atoms with Gasteiger partial charge in [0, 0.05) is 48.5 Å². The average Bonchev–Trinajstić information content (AvgIpc) is 3.31. The minimum absolute atomic E-state index is 0.00851. The van der Waals surface area contributed by atoms with Gasteiger partial charge in [0.15, 0.2) is 0 Å². The maximum atomic E-state index is 12.7. The molecule has 9 nitrogen and oxygen atoms in total. The quantitative estimate of drug-likeness (QED) is 0.277. The lowest BCUT2D eigenvalue weighted by Gasteiger charge is -2.20. The Morgan fingerprint density at radius 3 is 2.34 bits per heavy atom. The number of amides is 2. The van der Waals surface area contributed by atoms with Crippen LogP contribution in [0.15, 0.2) is 60.8 Å². The molecule has 1 heterocycles. The second kappa shape index (κ2) is 11.4. The molecule has 0 unspecified atom stereocenters. The van der Waals surface area contributed by atoms with E-state index in [1.807, 2.05) is 30.3 Å². The van der Waals surface area contributed by atoms with Crippen LogP contribution in [0.3, 0.4) is 0 Å². The molecule has 2 amide bonds. The lowest BCUT2D eigenvalue weighted by molar-refractivity contribution is -0.384. The van der Waals surface area contributed by atoms with Gasteiger partial charge in [0.05, 0.1) is 22.7 Å². The van der Waals surface area contributed by atoms with E-state index in [1.54, 1.807) is 23.0 Å². The molecule has 35 heavy (non-hydrogen) atoms. The summed E-state index contributed by atoms with van der Waals surface area (Å²) in [5.74, 6) is -0.0243. The zero-order valence-electron chi connectivity index (χ0n) is 19.5. The molecule has 0 saturated heterocycles. The SMILES string of the molecule is O=C(Cc1cn(-c2ccccc2)nc1-c1ccc([N+](=O)[O-])cc1)NCCNC(=O)C1CCCCC1. The number of para-hydroxylation sites is 1. The summed E-state index contributed by atoms with van der Waals surface area (Å²) in [4.78, 5) is 35.5. The highest BCUT2D eigenvalue weighted by atomic mass is 16.6. The van der Waals surface area contributed by atoms with Gasteiger partial charge in [-0.1, -0.05) is 37.5 Å². The van der Waals surface area contributed by atoms with Crippen LogP contribution < -0.4 is 10.6 Å². The van der Waals surface area contributed by atoms with Crippen LogP contribution >= 0.6 is 0 Å². The molecule has 0 radical (unpaired) electrons. The van der Waals surface area contributed by atoms with E-state index in [1.165, 1.54) is 18.6 Å². The van der Waals surface area contributed by atoms with Gasteiger partial charge < -0.3 is 10.6 Å². The predicted molar refractivity (Wildman–Crippen MR) is 132 cm³/mol. The van der Waals surface area contributed by atoms with Gasteiger partial charge in [-0.3, -0.25) is 19.7 Å². The largest absolute Gasteiger partial charge is 0.354 e. The van der Waals surface area contributed by atoms with Gasteiger partial charge in [-0.05, 0) is 37.1 Å². The summed E-state index contributed by atoms with van der Waals surface area (Å²) in [6, 6.07) is 15.6. The van der Waals surface area contributed by atoms with Crippen molar-refractivity contribution < 1.29 is 14.5 Å². The first-order valence-electron chi connectivity index (χ1n) is 11.9. The zero-order chi connectivity index (χ0) is 24.6. The molecule has 4 rings (SSSR count). The van der Waals surface area contributed by atoms with Crippen molar-refractivity contribution in [1.29, 1.82) is 0 Å². The number of rotatable bonds is 9. The maximum Gasteiger partial charge on any atom is 0.269 e. The standard InChI is InChI=1S/C26H29N5O4/c32-24(27-15-16-28-26(33)20-7-3-1-4-8-20)17-21-18-30(22-9-5-2-6-10-22)29-25(21)19-11-13-23(14-12-19)31(34)35/h2,5-6,9-14,18,20H,1,3-4,7-8,15-17H2,(H,27,32)(H,28,33). The maximum absolute atomic E-state index is 12.7. The van der Waals surface area contributed by atoms with Gasteiger partial charge in [-0.25, -0.2) is 4.68 Å². The van der Waals surface area contributed by atoms with Gasteiger partial charge in [0.2, 0.25) is 11.8 Å².